The van der Waals surface area contributed by atoms with E-state index in [1.54, 1.807) is 18.8 Å². The van der Waals surface area contributed by atoms with E-state index in [1.165, 1.54) is 6.20 Å². The van der Waals surface area contributed by atoms with Crippen molar-refractivity contribution in [1.82, 2.24) is 15.1 Å². The number of anilines is 1. The van der Waals surface area contributed by atoms with Crippen LogP contribution in [0.1, 0.15) is 17.1 Å². The van der Waals surface area contributed by atoms with Gasteiger partial charge in [-0.05, 0) is 42.8 Å². The van der Waals surface area contributed by atoms with E-state index < -0.39 is 18.6 Å². The molecule has 10 heteroatoms. The van der Waals surface area contributed by atoms with E-state index in [-0.39, 0.29) is 12.0 Å². The molecule has 0 fully saturated rings. The zero-order valence-electron chi connectivity index (χ0n) is 14.5. The van der Waals surface area contributed by atoms with Gasteiger partial charge in [-0.2, -0.15) is 13.8 Å². The third-order valence-corrected chi connectivity index (χ3v) is 5.45. The normalized spacial score (nSPS) is 14.0. The second-order valence-electron chi connectivity index (χ2n) is 6.20. The number of hydrogen-bond acceptors (Lipinski definition) is 5. The van der Waals surface area contributed by atoms with Crippen LogP contribution in [0.2, 0.25) is 0 Å². The van der Waals surface area contributed by atoms with Crippen molar-refractivity contribution < 1.29 is 17.9 Å². The number of pyridine rings is 1. The Morgan fingerprint density at radius 2 is 1.93 bits per heavy atom. The molecule has 0 radical (unpaired) electrons. The Kier molecular flexibility index (Phi) is 5.31. The lowest BCUT2D eigenvalue weighted by Gasteiger charge is -2.16. The number of rotatable bonds is 6. The number of aryl methyl sites for hydroxylation is 1. The van der Waals surface area contributed by atoms with Gasteiger partial charge >= 0.3 is 11.3 Å². The molecule has 6 nitrogen and oxygen atoms in total. The highest BCUT2D eigenvalue weighted by molar-refractivity contribution is 7.63. The van der Waals surface area contributed by atoms with Gasteiger partial charge in [-0.25, -0.2) is 0 Å². The maximum Gasteiger partial charge on any atom is 0.400 e. The van der Waals surface area contributed by atoms with E-state index in [0.717, 1.165) is 11.3 Å². The molecule has 0 aliphatic rings. The van der Waals surface area contributed by atoms with E-state index in [4.69, 9.17) is 11.6 Å². The number of alkyl halides is 3. The van der Waals surface area contributed by atoms with Crippen LogP contribution in [-0.2, 0) is 16.1 Å². The summed E-state index contributed by atoms with van der Waals surface area (Å²) in [5.74, 6) is -1.04. The Labute approximate surface area is 159 Å². The summed E-state index contributed by atoms with van der Waals surface area (Å²) < 4.78 is 43.2. The molecule has 1 aromatic carbocycles. The summed E-state index contributed by atoms with van der Waals surface area (Å²) in [5.41, 5.74) is 2.84. The topological polar surface area (TPSA) is 80.9 Å². The number of nitrogens with zero attached hydrogens (tertiary/aromatic N) is 3. The highest BCUT2D eigenvalue weighted by Gasteiger charge is 2.35. The van der Waals surface area contributed by atoms with Crippen LogP contribution in [0.15, 0.2) is 47.1 Å². The lowest BCUT2D eigenvalue weighted by Crippen LogP contribution is -2.03. The van der Waals surface area contributed by atoms with Gasteiger partial charge in [0.25, 0.3) is 0 Å². The summed E-state index contributed by atoms with van der Waals surface area (Å²) in [7, 11) is -2.74. The SMILES string of the molecule is Cc1ccc(NP(C)(=O)Cc2ccc(-c3noc(C(F)(F)Cl)n3)cn2)cc1. The molecule has 0 aliphatic heterocycles. The minimum Gasteiger partial charge on any atom is -0.336 e. The van der Waals surface area contributed by atoms with Gasteiger partial charge < -0.3 is 14.2 Å². The smallest absolute Gasteiger partial charge is 0.336 e. The number of benzene rings is 1. The third kappa shape index (κ3) is 5.11. The van der Waals surface area contributed by atoms with E-state index in [2.05, 4.69) is 24.7 Å². The Bertz CT molecular complexity index is 972. The van der Waals surface area contributed by atoms with Crippen molar-refractivity contribution in [1.29, 1.82) is 0 Å². The molecule has 0 spiro atoms. The van der Waals surface area contributed by atoms with Gasteiger partial charge in [-0.1, -0.05) is 22.9 Å². The standard InChI is InChI=1S/C17H16ClF2N4O2P/c1-11-3-6-13(7-4-11)24-27(2,25)10-14-8-5-12(9-21-14)15-22-16(26-23-15)17(18,19)20/h3-9H,10H2,1-2H3,(H,24,25). The van der Waals surface area contributed by atoms with Crippen LogP contribution in [0, 0.1) is 6.92 Å². The summed E-state index contributed by atoms with van der Waals surface area (Å²) in [6.07, 6.45) is 1.63. The third-order valence-electron chi connectivity index (χ3n) is 3.63. The van der Waals surface area contributed by atoms with E-state index in [0.29, 0.717) is 11.3 Å². The summed E-state index contributed by atoms with van der Waals surface area (Å²) in [6.45, 7) is 3.61. The maximum atomic E-state index is 13.0. The summed E-state index contributed by atoms with van der Waals surface area (Å²) in [6, 6.07) is 10.8. The van der Waals surface area contributed by atoms with Gasteiger partial charge in [-0.15, -0.1) is 0 Å². The highest BCUT2D eigenvalue weighted by atomic mass is 35.5. The molecule has 2 aromatic heterocycles. The summed E-state index contributed by atoms with van der Waals surface area (Å²) in [4.78, 5) is 7.77. The van der Waals surface area contributed by atoms with E-state index >= 15 is 0 Å². The van der Waals surface area contributed by atoms with Crippen LogP contribution in [0.5, 0.6) is 0 Å². The van der Waals surface area contributed by atoms with Crippen LogP contribution in [0.25, 0.3) is 11.4 Å². The second kappa shape index (κ2) is 7.37. The fraction of sp³-hybridized carbons (Fsp3) is 0.235. The van der Waals surface area contributed by atoms with Crippen molar-refractivity contribution in [2.24, 2.45) is 0 Å². The minimum absolute atomic E-state index is 0.0539. The lowest BCUT2D eigenvalue weighted by atomic mass is 10.2. The van der Waals surface area contributed by atoms with Crippen LogP contribution in [-0.4, -0.2) is 21.8 Å². The first kappa shape index (κ1) is 19.5. The predicted octanol–water partition coefficient (Wildman–Crippen LogP) is 5.25. The first-order chi connectivity index (χ1) is 12.6. The van der Waals surface area contributed by atoms with Crippen LogP contribution in [0.4, 0.5) is 14.5 Å². The van der Waals surface area contributed by atoms with Gasteiger partial charge in [0.15, 0.2) is 7.29 Å². The number of halogens is 3. The molecule has 3 rings (SSSR count). The maximum absolute atomic E-state index is 13.0. The molecule has 142 valence electrons. The van der Waals surface area contributed by atoms with Crippen molar-refractivity contribution in [3.63, 3.8) is 0 Å². The highest BCUT2D eigenvalue weighted by Crippen LogP contribution is 2.44. The number of aromatic nitrogens is 3. The van der Waals surface area contributed by atoms with Gasteiger partial charge in [-0.3, -0.25) is 4.98 Å². The molecule has 0 saturated heterocycles. The van der Waals surface area contributed by atoms with Gasteiger partial charge in [0.1, 0.15) is 0 Å². The van der Waals surface area contributed by atoms with E-state index in [9.17, 15) is 13.3 Å². The number of hydrogen-bond donors (Lipinski definition) is 1. The fourth-order valence-electron chi connectivity index (χ4n) is 2.36. The molecular formula is C17H16ClF2N4O2P. The Hall–Kier alpha value is -2.31. The molecule has 0 saturated carbocycles. The molecule has 27 heavy (non-hydrogen) atoms. The average molecular weight is 413 g/mol. The monoisotopic (exact) mass is 412 g/mol. The number of nitrogens with one attached hydrogen (secondary N) is 1. The quantitative estimate of drug-likeness (QED) is 0.440. The minimum atomic E-state index is -3.73. The zero-order valence-corrected chi connectivity index (χ0v) is 16.1. The predicted molar refractivity (Wildman–Crippen MR) is 99.3 cm³/mol. The fourth-order valence-corrected chi connectivity index (χ4v) is 4.01. The van der Waals surface area contributed by atoms with Crippen molar-refractivity contribution >= 4 is 24.6 Å². The summed E-state index contributed by atoms with van der Waals surface area (Å²) in [5, 5.41) is 2.77. The Morgan fingerprint density at radius 3 is 2.48 bits per heavy atom. The van der Waals surface area contributed by atoms with Crippen molar-refractivity contribution in [2.75, 3.05) is 11.8 Å². The molecule has 0 bridgehead atoms. The molecule has 1 unspecified atom stereocenters. The molecule has 0 aliphatic carbocycles. The molecule has 1 N–H and O–H groups in total. The molecule has 2 heterocycles. The summed E-state index contributed by atoms with van der Waals surface area (Å²) >= 11 is 4.85. The molecule has 3 aromatic rings. The molecular weight excluding hydrogens is 397 g/mol. The van der Waals surface area contributed by atoms with Crippen molar-refractivity contribution in [3.8, 4) is 11.4 Å². The van der Waals surface area contributed by atoms with Crippen molar-refractivity contribution in [3.05, 3.63) is 59.7 Å². The second-order valence-corrected chi connectivity index (χ2v) is 9.41. The van der Waals surface area contributed by atoms with Gasteiger partial charge in [0.2, 0.25) is 5.82 Å². The lowest BCUT2D eigenvalue weighted by molar-refractivity contribution is 0.0551. The first-order valence-corrected chi connectivity index (χ1v) is 10.6. The first-order valence-electron chi connectivity index (χ1n) is 7.90. The van der Waals surface area contributed by atoms with Crippen LogP contribution >= 0.6 is 18.9 Å². The van der Waals surface area contributed by atoms with Crippen LogP contribution in [0.3, 0.4) is 0 Å². The van der Waals surface area contributed by atoms with E-state index in [1.807, 2.05) is 31.2 Å². The molecule has 1 atom stereocenters. The van der Waals surface area contributed by atoms with Crippen LogP contribution < -0.4 is 5.09 Å². The zero-order chi connectivity index (χ0) is 19.7. The Morgan fingerprint density at radius 1 is 1.22 bits per heavy atom. The Balaban J connectivity index is 1.70. The molecule has 0 amide bonds. The average Bonchev–Trinajstić information content (AvgIpc) is 3.07. The largest absolute Gasteiger partial charge is 0.400 e. The van der Waals surface area contributed by atoms with Gasteiger partial charge in [0.05, 0.1) is 6.16 Å². The van der Waals surface area contributed by atoms with Gasteiger partial charge in [0, 0.05) is 29.8 Å². The van der Waals surface area contributed by atoms with Crippen molar-refractivity contribution in [2.45, 2.75) is 18.5 Å².